The van der Waals surface area contributed by atoms with Crippen LogP contribution in [0.25, 0.3) is 11.0 Å². The lowest BCUT2D eigenvalue weighted by atomic mass is 9.76. The van der Waals surface area contributed by atoms with Gasteiger partial charge in [-0.15, -0.1) is 0 Å². The fourth-order valence-corrected chi connectivity index (χ4v) is 3.34. The molecule has 26 heavy (non-hydrogen) atoms. The molecule has 3 rings (SSSR count). The molecule has 1 aromatic heterocycles. The van der Waals surface area contributed by atoms with Crippen LogP contribution in [0, 0.1) is 21.6 Å². The van der Waals surface area contributed by atoms with Gasteiger partial charge < -0.3 is 4.57 Å². The summed E-state index contributed by atoms with van der Waals surface area (Å²) in [6.45, 7) is 6.91. The molecule has 3 aromatic rings. The molecule has 0 saturated carbocycles. The van der Waals surface area contributed by atoms with Crippen LogP contribution >= 0.6 is 23.2 Å². The van der Waals surface area contributed by atoms with Crippen LogP contribution in [0.2, 0.25) is 10.0 Å². The summed E-state index contributed by atoms with van der Waals surface area (Å²) in [7, 11) is 0. The zero-order valence-electron chi connectivity index (χ0n) is 14.7. The van der Waals surface area contributed by atoms with Crippen LogP contribution in [-0.4, -0.2) is 14.5 Å². The highest BCUT2D eigenvalue weighted by atomic mass is 35.5. The smallest absolute Gasteiger partial charge is 0.269 e. The van der Waals surface area contributed by atoms with Gasteiger partial charge in [-0.05, 0) is 35.2 Å². The number of nitrogens with zero attached hydrogens (tertiary/aromatic N) is 3. The number of nitro groups is 1. The van der Waals surface area contributed by atoms with Gasteiger partial charge in [-0.3, -0.25) is 10.1 Å². The number of halogens is 2. The molecule has 0 saturated heterocycles. The van der Waals surface area contributed by atoms with E-state index in [9.17, 15) is 10.1 Å². The average molecular weight is 391 g/mol. The third kappa shape index (κ3) is 3.69. The lowest BCUT2D eigenvalue weighted by Crippen LogP contribution is -2.23. The molecular weight excluding hydrogens is 373 g/mol. The van der Waals surface area contributed by atoms with Crippen molar-refractivity contribution in [3.05, 3.63) is 68.4 Å². The first kappa shape index (κ1) is 18.7. The minimum absolute atomic E-state index is 0.00532. The van der Waals surface area contributed by atoms with Crippen LogP contribution in [0.4, 0.5) is 5.69 Å². The van der Waals surface area contributed by atoms with E-state index < -0.39 is 0 Å². The monoisotopic (exact) mass is 390 g/mol. The van der Waals surface area contributed by atoms with Crippen LogP contribution < -0.4 is 0 Å². The Morgan fingerprint density at radius 2 is 1.96 bits per heavy atom. The Labute approximate surface area is 161 Å². The van der Waals surface area contributed by atoms with Crippen molar-refractivity contribution in [3.63, 3.8) is 0 Å². The molecule has 0 aliphatic heterocycles. The van der Waals surface area contributed by atoms with Gasteiger partial charge >= 0.3 is 0 Å². The Morgan fingerprint density at radius 1 is 1.27 bits per heavy atom. The molecule has 2 aromatic carbocycles. The van der Waals surface area contributed by atoms with Crippen molar-refractivity contribution in [1.29, 1.82) is 0 Å². The number of non-ortho nitro benzene ring substituents is 1. The molecule has 5 nitrogen and oxygen atoms in total. The maximum atomic E-state index is 11.1. The summed E-state index contributed by atoms with van der Waals surface area (Å²) >= 11 is 12.2. The molecule has 1 unspecified atom stereocenters. The minimum atomic E-state index is -0.383. The predicted molar refractivity (Wildman–Crippen MR) is 104 cm³/mol. The molecule has 0 bridgehead atoms. The van der Waals surface area contributed by atoms with Crippen molar-refractivity contribution in [1.82, 2.24) is 9.55 Å². The highest BCUT2D eigenvalue weighted by Crippen LogP contribution is 2.38. The van der Waals surface area contributed by atoms with Crippen molar-refractivity contribution in [2.24, 2.45) is 5.41 Å². The summed E-state index contributed by atoms with van der Waals surface area (Å²) in [4.78, 5) is 15.1. The summed E-state index contributed by atoms with van der Waals surface area (Å²) in [5, 5.41) is 12.1. The van der Waals surface area contributed by atoms with Gasteiger partial charge in [-0.2, -0.15) is 0 Å². The summed E-state index contributed by atoms with van der Waals surface area (Å²) in [5.41, 5.74) is 2.36. The number of aromatic nitrogens is 2. The van der Waals surface area contributed by atoms with Crippen molar-refractivity contribution < 1.29 is 4.92 Å². The zero-order chi connectivity index (χ0) is 19.1. The number of benzene rings is 2. The van der Waals surface area contributed by atoms with Crippen LogP contribution in [0.15, 0.2) is 36.7 Å². The number of hydrogen-bond donors (Lipinski definition) is 0. The fourth-order valence-electron chi connectivity index (χ4n) is 3.02. The minimum Gasteiger partial charge on any atom is -0.330 e. The lowest BCUT2D eigenvalue weighted by Gasteiger charge is -2.31. The molecule has 7 heteroatoms. The third-order valence-corrected chi connectivity index (χ3v) is 5.20. The topological polar surface area (TPSA) is 61.0 Å². The molecule has 0 fully saturated rings. The van der Waals surface area contributed by atoms with E-state index in [0.29, 0.717) is 16.6 Å². The summed E-state index contributed by atoms with van der Waals surface area (Å²) in [6, 6.07) is 11.4. The summed E-state index contributed by atoms with van der Waals surface area (Å²) < 4.78 is 2.00. The van der Waals surface area contributed by atoms with E-state index >= 15 is 0 Å². The molecule has 1 radical (unpaired) electrons. The summed E-state index contributed by atoms with van der Waals surface area (Å²) in [5.74, 6) is -0.00532. The van der Waals surface area contributed by atoms with E-state index in [1.54, 1.807) is 30.6 Å². The second-order valence-electron chi connectivity index (χ2n) is 7.33. The van der Waals surface area contributed by atoms with Gasteiger partial charge in [0.15, 0.2) is 0 Å². The van der Waals surface area contributed by atoms with Crippen LogP contribution in [0.5, 0.6) is 0 Å². The first-order valence-corrected chi connectivity index (χ1v) is 8.88. The Kier molecular flexibility index (Phi) is 4.95. The van der Waals surface area contributed by atoms with Crippen molar-refractivity contribution in [3.8, 4) is 0 Å². The Morgan fingerprint density at radius 3 is 2.62 bits per heavy atom. The SMILES string of the molecule is CC(C)(C)C(Cn1cnc2cc(Cl)c(Cl)cc21)c1[c]ccc([N+](=O)[O-])c1. The highest BCUT2D eigenvalue weighted by Gasteiger charge is 2.28. The molecule has 0 N–H and O–H groups in total. The van der Waals surface area contributed by atoms with E-state index in [2.05, 4.69) is 31.8 Å². The standard InChI is InChI=1S/C19H18Cl2N3O2/c1-19(2,3)14(12-5-4-6-13(7-12)24(25)26)10-23-11-22-17-8-15(20)16(21)9-18(17)23/h4,6-9,11,14H,10H2,1-3H3. The van der Waals surface area contributed by atoms with Gasteiger partial charge in [0, 0.05) is 24.6 Å². The van der Waals surface area contributed by atoms with Gasteiger partial charge in [0.1, 0.15) is 0 Å². The van der Waals surface area contributed by atoms with Gasteiger partial charge in [-0.25, -0.2) is 4.98 Å². The number of hydrogen-bond acceptors (Lipinski definition) is 3. The van der Waals surface area contributed by atoms with E-state index in [4.69, 9.17) is 23.2 Å². The Balaban J connectivity index is 2.05. The maximum Gasteiger partial charge on any atom is 0.269 e. The maximum absolute atomic E-state index is 11.1. The molecular formula is C19H18Cl2N3O2. The summed E-state index contributed by atoms with van der Waals surface area (Å²) in [6.07, 6.45) is 1.74. The van der Waals surface area contributed by atoms with Crippen molar-refractivity contribution in [2.45, 2.75) is 33.2 Å². The fraction of sp³-hybridized carbons (Fsp3) is 0.316. The lowest BCUT2D eigenvalue weighted by molar-refractivity contribution is -0.384. The second kappa shape index (κ2) is 6.89. The van der Waals surface area contributed by atoms with Gasteiger partial charge in [0.25, 0.3) is 5.69 Å². The van der Waals surface area contributed by atoms with Gasteiger partial charge in [-0.1, -0.05) is 44.0 Å². The van der Waals surface area contributed by atoms with E-state index in [-0.39, 0.29) is 21.9 Å². The molecule has 0 amide bonds. The molecule has 135 valence electrons. The zero-order valence-corrected chi connectivity index (χ0v) is 16.2. The van der Waals surface area contributed by atoms with Crippen LogP contribution in [-0.2, 0) is 6.54 Å². The average Bonchev–Trinajstić information content (AvgIpc) is 2.94. The number of rotatable bonds is 4. The largest absolute Gasteiger partial charge is 0.330 e. The number of fused-ring (bicyclic) bond motifs is 1. The Bertz CT molecular complexity index is 977. The molecule has 0 spiro atoms. The predicted octanol–water partition coefficient (Wildman–Crippen LogP) is 5.88. The van der Waals surface area contributed by atoms with E-state index in [1.165, 1.54) is 6.07 Å². The molecule has 1 heterocycles. The first-order chi connectivity index (χ1) is 12.2. The van der Waals surface area contributed by atoms with Crippen LogP contribution in [0.1, 0.15) is 32.3 Å². The second-order valence-corrected chi connectivity index (χ2v) is 8.14. The van der Waals surface area contributed by atoms with Crippen molar-refractivity contribution >= 4 is 39.9 Å². The molecule has 0 aliphatic carbocycles. The van der Waals surface area contributed by atoms with Gasteiger partial charge in [0.2, 0.25) is 0 Å². The first-order valence-electron chi connectivity index (χ1n) is 8.12. The molecule has 1 atom stereocenters. The molecule has 0 aliphatic rings. The van der Waals surface area contributed by atoms with Crippen molar-refractivity contribution in [2.75, 3.05) is 0 Å². The third-order valence-electron chi connectivity index (χ3n) is 4.48. The Hall–Kier alpha value is -2.11. The van der Waals surface area contributed by atoms with Gasteiger partial charge in [0.05, 0.1) is 32.3 Å². The number of imidazole rings is 1. The van der Waals surface area contributed by atoms with E-state index in [0.717, 1.165) is 16.6 Å². The number of nitro benzene ring substituents is 1. The van der Waals surface area contributed by atoms with E-state index in [1.807, 2.05) is 4.57 Å². The highest BCUT2D eigenvalue weighted by molar-refractivity contribution is 6.42. The quantitative estimate of drug-likeness (QED) is 0.412. The normalized spacial score (nSPS) is 13.1. The van der Waals surface area contributed by atoms with Crippen LogP contribution in [0.3, 0.4) is 0 Å².